The minimum Gasteiger partial charge on any atom is -0.366 e. The summed E-state index contributed by atoms with van der Waals surface area (Å²) in [4.78, 5) is 27.0. The van der Waals surface area contributed by atoms with E-state index in [1.165, 1.54) is 0 Å². The predicted molar refractivity (Wildman–Crippen MR) is 98.3 cm³/mol. The minimum atomic E-state index is -0.481. The number of amides is 2. The number of nitrogens with one attached hydrogen (secondary N) is 2. The Balaban J connectivity index is 1.85. The fraction of sp³-hybridized carbons (Fsp3) is 0.100. The number of anilines is 1. The van der Waals surface area contributed by atoms with Crippen LogP contribution in [0, 0.1) is 6.92 Å². The van der Waals surface area contributed by atoms with E-state index in [9.17, 15) is 9.59 Å². The Hall–Kier alpha value is -3.34. The number of para-hydroxylation sites is 1. The SMILES string of the molecule is Cc1[nH]c(-c2ccccc2NC(=O)Cc2ccccc2)cc1C(N)=O. The second-order valence-electron chi connectivity index (χ2n) is 5.84. The summed E-state index contributed by atoms with van der Waals surface area (Å²) in [6.07, 6.45) is 0.297. The van der Waals surface area contributed by atoms with Gasteiger partial charge in [0.1, 0.15) is 0 Å². The van der Waals surface area contributed by atoms with E-state index >= 15 is 0 Å². The summed E-state index contributed by atoms with van der Waals surface area (Å²) in [5.74, 6) is -0.581. The van der Waals surface area contributed by atoms with Crippen LogP contribution >= 0.6 is 0 Å². The molecule has 126 valence electrons. The fourth-order valence-electron chi connectivity index (χ4n) is 2.76. The second-order valence-corrected chi connectivity index (χ2v) is 5.84. The minimum absolute atomic E-state index is 0.1000. The molecular weight excluding hydrogens is 314 g/mol. The number of hydrogen-bond acceptors (Lipinski definition) is 2. The number of benzene rings is 2. The molecule has 0 saturated carbocycles. The average Bonchev–Trinajstić information content (AvgIpc) is 2.98. The third-order valence-corrected chi connectivity index (χ3v) is 3.98. The normalized spacial score (nSPS) is 10.4. The van der Waals surface area contributed by atoms with Gasteiger partial charge in [0.15, 0.2) is 0 Å². The molecule has 0 aliphatic carbocycles. The molecule has 0 radical (unpaired) electrons. The van der Waals surface area contributed by atoms with E-state index in [0.717, 1.165) is 16.8 Å². The number of H-pyrrole nitrogens is 1. The van der Waals surface area contributed by atoms with Crippen molar-refractivity contribution in [2.75, 3.05) is 5.32 Å². The van der Waals surface area contributed by atoms with Crippen LogP contribution in [0.5, 0.6) is 0 Å². The van der Waals surface area contributed by atoms with Gasteiger partial charge in [-0.25, -0.2) is 0 Å². The molecule has 5 nitrogen and oxygen atoms in total. The summed E-state index contributed by atoms with van der Waals surface area (Å²) in [6, 6.07) is 18.7. The van der Waals surface area contributed by atoms with Crippen LogP contribution in [0.2, 0.25) is 0 Å². The Bertz CT molecular complexity index is 914. The molecule has 3 aromatic rings. The van der Waals surface area contributed by atoms with Gasteiger partial charge < -0.3 is 16.0 Å². The van der Waals surface area contributed by atoms with Crippen molar-refractivity contribution in [2.24, 2.45) is 5.73 Å². The quantitative estimate of drug-likeness (QED) is 0.669. The molecule has 0 saturated heterocycles. The molecule has 5 heteroatoms. The van der Waals surface area contributed by atoms with Crippen LogP contribution < -0.4 is 11.1 Å². The first-order valence-corrected chi connectivity index (χ1v) is 7.97. The molecule has 0 aliphatic rings. The van der Waals surface area contributed by atoms with Crippen molar-refractivity contribution < 1.29 is 9.59 Å². The van der Waals surface area contributed by atoms with Crippen molar-refractivity contribution in [1.29, 1.82) is 0 Å². The topological polar surface area (TPSA) is 88.0 Å². The molecule has 25 heavy (non-hydrogen) atoms. The summed E-state index contributed by atoms with van der Waals surface area (Å²) < 4.78 is 0. The van der Waals surface area contributed by atoms with Crippen LogP contribution in [0.4, 0.5) is 5.69 Å². The first kappa shape index (κ1) is 16.5. The van der Waals surface area contributed by atoms with Gasteiger partial charge in [0, 0.05) is 17.0 Å². The van der Waals surface area contributed by atoms with Gasteiger partial charge in [-0.3, -0.25) is 9.59 Å². The summed E-state index contributed by atoms with van der Waals surface area (Å²) in [5.41, 5.74) is 9.70. The van der Waals surface area contributed by atoms with Gasteiger partial charge in [-0.2, -0.15) is 0 Å². The molecule has 2 aromatic carbocycles. The molecule has 0 spiro atoms. The number of nitrogens with two attached hydrogens (primary N) is 1. The van der Waals surface area contributed by atoms with E-state index < -0.39 is 5.91 Å². The highest BCUT2D eigenvalue weighted by Gasteiger charge is 2.14. The van der Waals surface area contributed by atoms with Gasteiger partial charge in [0.25, 0.3) is 5.91 Å². The molecule has 0 bridgehead atoms. The third kappa shape index (κ3) is 3.77. The number of carbonyl (C=O) groups excluding carboxylic acids is 2. The largest absolute Gasteiger partial charge is 0.366 e. The van der Waals surface area contributed by atoms with E-state index in [0.29, 0.717) is 23.4 Å². The molecule has 3 rings (SSSR count). The maximum Gasteiger partial charge on any atom is 0.250 e. The van der Waals surface area contributed by atoms with Crippen LogP contribution in [-0.4, -0.2) is 16.8 Å². The fourth-order valence-corrected chi connectivity index (χ4v) is 2.76. The summed E-state index contributed by atoms with van der Waals surface area (Å²) in [6.45, 7) is 1.79. The number of aromatic nitrogens is 1. The maximum absolute atomic E-state index is 12.4. The Morgan fingerprint density at radius 3 is 2.40 bits per heavy atom. The number of rotatable bonds is 5. The van der Waals surface area contributed by atoms with Gasteiger partial charge in [0.05, 0.1) is 17.7 Å². The van der Waals surface area contributed by atoms with Crippen LogP contribution in [0.15, 0.2) is 60.7 Å². The second kappa shape index (κ2) is 7.05. The van der Waals surface area contributed by atoms with Crippen LogP contribution in [-0.2, 0) is 11.2 Å². The maximum atomic E-state index is 12.4. The first-order valence-electron chi connectivity index (χ1n) is 7.97. The number of aromatic amines is 1. The van der Waals surface area contributed by atoms with Gasteiger partial charge >= 0.3 is 0 Å². The van der Waals surface area contributed by atoms with Gasteiger partial charge in [-0.15, -0.1) is 0 Å². The van der Waals surface area contributed by atoms with Crippen molar-refractivity contribution in [3.8, 4) is 11.3 Å². The molecule has 0 fully saturated rings. The highest BCUT2D eigenvalue weighted by atomic mass is 16.1. The van der Waals surface area contributed by atoms with E-state index in [2.05, 4.69) is 10.3 Å². The van der Waals surface area contributed by atoms with Crippen LogP contribution in [0.25, 0.3) is 11.3 Å². The van der Waals surface area contributed by atoms with E-state index in [1.807, 2.05) is 54.6 Å². The Kier molecular flexibility index (Phi) is 4.66. The molecule has 1 aromatic heterocycles. The number of primary amides is 1. The Labute approximate surface area is 145 Å². The summed E-state index contributed by atoms with van der Waals surface area (Å²) >= 11 is 0. The smallest absolute Gasteiger partial charge is 0.250 e. The van der Waals surface area contributed by atoms with Crippen molar-refractivity contribution in [1.82, 2.24) is 4.98 Å². The molecule has 0 aliphatic heterocycles. The van der Waals surface area contributed by atoms with Gasteiger partial charge in [0.2, 0.25) is 5.91 Å². The Morgan fingerprint density at radius 1 is 1.04 bits per heavy atom. The summed E-state index contributed by atoms with van der Waals surface area (Å²) in [7, 11) is 0. The van der Waals surface area contributed by atoms with E-state index in [1.54, 1.807) is 13.0 Å². The van der Waals surface area contributed by atoms with Crippen molar-refractivity contribution in [3.63, 3.8) is 0 Å². The zero-order valence-electron chi connectivity index (χ0n) is 13.9. The lowest BCUT2D eigenvalue weighted by Gasteiger charge is -2.10. The third-order valence-electron chi connectivity index (χ3n) is 3.98. The molecule has 4 N–H and O–H groups in total. The molecule has 2 amide bonds. The van der Waals surface area contributed by atoms with Crippen LogP contribution in [0.1, 0.15) is 21.6 Å². The highest BCUT2D eigenvalue weighted by Crippen LogP contribution is 2.28. The highest BCUT2D eigenvalue weighted by molar-refractivity contribution is 5.98. The lowest BCUT2D eigenvalue weighted by Crippen LogP contribution is -2.15. The standard InChI is InChI=1S/C20H19N3O2/c1-13-16(20(21)25)12-18(22-13)15-9-5-6-10-17(15)23-19(24)11-14-7-3-2-4-8-14/h2-10,12,22H,11H2,1H3,(H2,21,25)(H,23,24). The van der Waals surface area contributed by atoms with E-state index in [4.69, 9.17) is 5.73 Å². The summed E-state index contributed by atoms with van der Waals surface area (Å²) in [5, 5.41) is 2.94. The predicted octanol–water partition coefficient (Wildman–Crippen LogP) is 3.27. The lowest BCUT2D eigenvalue weighted by molar-refractivity contribution is -0.115. The molecule has 1 heterocycles. The van der Waals surface area contributed by atoms with Crippen molar-refractivity contribution in [2.45, 2.75) is 13.3 Å². The van der Waals surface area contributed by atoms with Crippen molar-refractivity contribution >= 4 is 17.5 Å². The Morgan fingerprint density at radius 2 is 1.72 bits per heavy atom. The zero-order valence-corrected chi connectivity index (χ0v) is 13.9. The average molecular weight is 333 g/mol. The monoisotopic (exact) mass is 333 g/mol. The van der Waals surface area contributed by atoms with Gasteiger partial charge in [-0.05, 0) is 24.6 Å². The molecule has 0 unspecified atom stereocenters. The van der Waals surface area contributed by atoms with E-state index in [-0.39, 0.29) is 5.91 Å². The number of carbonyl (C=O) groups is 2. The number of aryl methyl sites for hydroxylation is 1. The van der Waals surface area contributed by atoms with Gasteiger partial charge in [-0.1, -0.05) is 48.5 Å². The molecule has 0 atom stereocenters. The number of hydrogen-bond donors (Lipinski definition) is 3. The lowest BCUT2D eigenvalue weighted by atomic mass is 10.1. The first-order chi connectivity index (χ1) is 12.0. The van der Waals surface area contributed by atoms with Crippen molar-refractivity contribution in [3.05, 3.63) is 77.5 Å². The zero-order chi connectivity index (χ0) is 17.8. The van der Waals surface area contributed by atoms with Crippen LogP contribution in [0.3, 0.4) is 0 Å². The molecular formula is C20H19N3O2.